The summed E-state index contributed by atoms with van der Waals surface area (Å²) in [4.78, 5) is 16.9. The fourth-order valence-electron chi connectivity index (χ4n) is 3.52. The van der Waals surface area contributed by atoms with Crippen molar-refractivity contribution in [3.05, 3.63) is 29.8 Å². The Hall–Kier alpha value is -1.77. The van der Waals surface area contributed by atoms with Gasteiger partial charge in [-0.1, -0.05) is 0 Å². The monoisotopic (exact) mass is 383 g/mol. The van der Waals surface area contributed by atoms with E-state index in [2.05, 4.69) is 10.2 Å². The lowest BCUT2D eigenvalue weighted by Crippen LogP contribution is -2.47. The van der Waals surface area contributed by atoms with Gasteiger partial charge in [-0.25, -0.2) is 13.6 Å². The lowest BCUT2D eigenvalue weighted by molar-refractivity contribution is 0.0316. The van der Waals surface area contributed by atoms with E-state index in [1.807, 2.05) is 0 Å². The normalized spacial score (nSPS) is 19.0. The first kappa shape index (κ1) is 20.0. The number of hydrogen-bond donors (Lipinski definition) is 1. The predicted octanol–water partition coefficient (Wildman–Crippen LogP) is 2.70. The minimum Gasteiger partial charge on any atom is -0.381 e. The van der Waals surface area contributed by atoms with E-state index >= 15 is 0 Å². The third kappa shape index (κ3) is 5.85. The maximum Gasteiger partial charge on any atom is 0.322 e. The number of morpholine rings is 1. The minimum absolute atomic E-state index is 0.0417. The van der Waals surface area contributed by atoms with Crippen LogP contribution in [0.25, 0.3) is 0 Å². The van der Waals surface area contributed by atoms with Crippen LogP contribution in [0.1, 0.15) is 19.3 Å². The van der Waals surface area contributed by atoms with E-state index in [4.69, 9.17) is 9.47 Å². The first-order chi connectivity index (χ1) is 13.1. The van der Waals surface area contributed by atoms with E-state index in [1.54, 1.807) is 4.90 Å². The van der Waals surface area contributed by atoms with Crippen LogP contribution in [0.15, 0.2) is 18.2 Å². The van der Waals surface area contributed by atoms with E-state index < -0.39 is 17.7 Å². The zero-order chi connectivity index (χ0) is 19.1. The van der Waals surface area contributed by atoms with Gasteiger partial charge in [0.15, 0.2) is 0 Å². The molecule has 2 saturated heterocycles. The highest BCUT2D eigenvalue weighted by Crippen LogP contribution is 2.20. The van der Waals surface area contributed by atoms with Crippen LogP contribution in [0.3, 0.4) is 0 Å². The molecule has 3 rings (SSSR count). The number of anilines is 1. The summed E-state index contributed by atoms with van der Waals surface area (Å²) in [5.74, 6) is -1.23. The fourth-order valence-corrected chi connectivity index (χ4v) is 3.52. The summed E-state index contributed by atoms with van der Waals surface area (Å²) >= 11 is 0. The van der Waals surface area contributed by atoms with Crippen LogP contribution in [0.5, 0.6) is 0 Å². The van der Waals surface area contributed by atoms with Crippen molar-refractivity contribution in [1.29, 1.82) is 0 Å². The Bertz CT molecular complexity index is 620. The molecule has 1 N–H and O–H groups in total. The second-order valence-corrected chi connectivity index (χ2v) is 6.90. The summed E-state index contributed by atoms with van der Waals surface area (Å²) in [5, 5.41) is 2.53. The van der Waals surface area contributed by atoms with Crippen LogP contribution in [0.2, 0.25) is 0 Å². The Labute approximate surface area is 158 Å². The molecule has 6 nitrogen and oxygen atoms in total. The van der Waals surface area contributed by atoms with Crippen LogP contribution in [-0.4, -0.2) is 74.5 Å². The SMILES string of the molecule is O=C(Nc1cc(F)ccc1F)N(CCCN1CCOCC1)C1CCOCC1. The predicted molar refractivity (Wildman–Crippen MR) is 97.8 cm³/mol. The van der Waals surface area contributed by atoms with Crippen molar-refractivity contribution in [2.24, 2.45) is 0 Å². The lowest BCUT2D eigenvalue weighted by atomic mass is 10.1. The zero-order valence-corrected chi connectivity index (χ0v) is 15.5. The van der Waals surface area contributed by atoms with Gasteiger partial charge >= 0.3 is 6.03 Å². The van der Waals surface area contributed by atoms with Crippen molar-refractivity contribution in [2.75, 3.05) is 57.9 Å². The molecule has 0 radical (unpaired) electrons. The first-order valence-electron chi connectivity index (χ1n) is 9.54. The summed E-state index contributed by atoms with van der Waals surface area (Å²) in [6.07, 6.45) is 2.31. The van der Waals surface area contributed by atoms with E-state index in [0.29, 0.717) is 19.8 Å². The molecule has 2 amide bonds. The fraction of sp³-hybridized carbons (Fsp3) is 0.632. The van der Waals surface area contributed by atoms with Gasteiger partial charge in [-0.15, -0.1) is 0 Å². The molecule has 8 heteroatoms. The van der Waals surface area contributed by atoms with Crippen molar-refractivity contribution in [3.63, 3.8) is 0 Å². The highest BCUT2D eigenvalue weighted by molar-refractivity contribution is 5.89. The number of ether oxygens (including phenoxy) is 2. The van der Waals surface area contributed by atoms with E-state index in [9.17, 15) is 13.6 Å². The summed E-state index contributed by atoms with van der Waals surface area (Å²) in [5.41, 5.74) is -0.134. The lowest BCUT2D eigenvalue weighted by Gasteiger charge is -2.35. The molecular weight excluding hydrogens is 356 g/mol. The number of amides is 2. The highest BCUT2D eigenvalue weighted by Gasteiger charge is 2.26. The van der Waals surface area contributed by atoms with Crippen LogP contribution < -0.4 is 5.32 Å². The van der Waals surface area contributed by atoms with Gasteiger partial charge in [-0.3, -0.25) is 4.90 Å². The van der Waals surface area contributed by atoms with Gasteiger partial charge < -0.3 is 19.7 Å². The van der Waals surface area contributed by atoms with Gasteiger partial charge in [0.25, 0.3) is 0 Å². The molecule has 0 aliphatic carbocycles. The number of nitrogens with zero attached hydrogens (tertiary/aromatic N) is 2. The van der Waals surface area contributed by atoms with Gasteiger partial charge in [0.2, 0.25) is 0 Å². The summed E-state index contributed by atoms with van der Waals surface area (Å²) in [7, 11) is 0. The average Bonchev–Trinajstić information content (AvgIpc) is 2.69. The Morgan fingerprint density at radius 3 is 2.59 bits per heavy atom. The van der Waals surface area contributed by atoms with Crippen molar-refractivity contribution >= 4 is 11.7 Å². The summed E-state index contributed by atoms with van der Waals surface area (Å²) in [6, 6.07) is 2.70. The summed E-state index contributed by atoms with van der Waals surface area (Å²) in [6.45, 7) is 5.93. The number of carbonyl (C=O) groups excluding carboxylic acids is 1. The number of nitrogens with one attached hydrogen (secondary N) is 1. The molecule has 0 aromatic heterocycles. The first-order valence-corrected chi connectivity index (χ1v) is 9.54. The molecular formula is C19H27F2N3O3. The smallest absolute Gasteiger partial charge is 0.322 e. The Morgan fingerprint density at radius 1 is 1.15 bits per heavy atom. The van der Waals surface area contributed by atoms with Crippen LogP contribution in [0, 0.1) is 11.6 Å². The molecule has 2 heterocycles. The van der Waals surface area contributed by atoms with Crippen molar-refractivity contribution in [2.45, 2.75) is 25.3 Å². The van der Waals surface area contributed by atoms with Crippen LogP contribution in [-0.2, 0) is 9.47 Å². The number of benzene rings is 1. The van der Waals surface area contributed by atoms with Gasteiger partial charge in [0, 0.05) is 51.5 Å². The average molecular weight is 383 g/mol. The zero-order valence-electron chi connectivity index (χ0n) is 15.5. The molecule has 2 aliphatic rings. The van der Waals surface area contributed by atoms with Crippen molar-refractivity contribution in [3.8, 4) is 0 Å². The molecule has 27 heavy (non-hydrogen) atoms. The van der Waals surface area contributed by atoms with E-state index in [0.717, 1.165) is 70.3 Å². The third-order valence-electron chi connectivity index (χ3n) is 5.04. The molecule has 1 aromatic carbocycles. The van der Waals surface area contributed by atoms with Crippen LogP contribution >= 0.6 is 0 Å². The molecule has 0 spiro atoms. The van der Waals surface area contributed by atoms with Crippen molar-refractivity contribution in [1.82, 2.24) is 9.80 Å². The molecule has 2 fully saturated rings. The number of hydrogen-bond acceptors (Lipinski definition) is 4. The van der Waals surface area contributed by atoms with Gasteiger partial charge in [0.1, 0.15) is 11.6 Å². The van der Waals surface area contributed by atoms with E-state index in [1.165, 1.54) is 0 Å². The molecule has 0 saturated carbocycles. The maximum atomic E-state index is 13.9. The van der Waals surface area contributed by atoms with Gasteiger partial charge in [-0.05, 0) is 31.4 Å². The molecule has 150 valence electrons. The Balaban J connectivity index is 1.61. The second-order valence-electron chi connectivity index (χ2n) is 6.90. The third-order valence-corrected chi connectivity index (χ3v) is 5.04. The Morgan fingerprint density at radius 2 is 1.85 bits per heavy atom. The number of rotatable bonds is 6. The molecule has 1 aromatic rings. The quantitative estimate of drug-likeness (QED) is 0.821. The second kappa shape index (κ2) is 9.96. The van der Waals surface area contributed by atoms with Crippen LogP contribution in [0.4, 0.5) is 19.3 Å². The maximum absolute atomic E-state index is 13.9. The molecule has 0 atom stereocenters. The standard InChI is InChI=1S/C19H27F2N3O3/c20-15-2-3-17(21)18(14-15)22-19(25)24(16-4-10-26-11-5-16)7-1-6-23-8-12-27-13-9-23/h2-3,14,16H,1,4-13H2,(H,22,25). The largest absolute Gasteiger partial charge is 0.381 e. The number of halogens is 2. The number of urea groups is 1. The molecule has 2 aliphatic heterocycles. The highest BCUT2D eigenvalue weighted by atomic mass is 19.1. The summed E-state index contributed by atoms with van der Waals surface area (Å²) < 4.78 is 38.0. The van der Waals surface area contributed by atoms with Gasteiger partial charge in [0.05, 0.1) is 18.9 Å². The Kier molecular flexibility index (Phi) is 7.37. The van der Waals surface area contributed by atoms with Gasteiger partial charge in [-0.2, -0.15) is 0 Å². The van der Waals surface area contributed by atoms with E-state index in [-0.39, 0.29) is 11.7 Å². The number of carbonyl (C=O) groups is 1. The minimum atomic E-state index is -0.648. The topological polar surface area (TPSA) is 54.0 Å². The van der Waals surface area contributed by atoms with Crippen molar-refractivity contribution < 1.29 is 23.0 Å². The molecule has 0 bridgehead atoms. The molecule has 0 unspecified atom stereocenters.